The number of rotatable bonds is 5. The molecule has 1 atom stereocenters. The maximum atomic E-state index is 13.2. The van der Waals surface area contributed by atoms with E-state index in [2.05, 4.69) is 11.2 Å². The molecule has 1 unspecified atom stereocenters. The number of benzene rings is 1. The summed E-state index contributed by atoms with van der Waals surface area (Å²) in [5, 5.41) is 2.99. The molecule has 2 nitrogen and oxygen atoms in total. The number of halogens is 1. The highest BCUT2D eigenvalue weighted by atomic mass is 19.1. The van der Waals surface area contributed by atoms with Crippen LogP contribution in [0.5, 0.6) is 5.75 Å². The lowest BCUT2D eigenvalue weighted by Gasteiger charge is -2.14. The molecule has 1 aromatic rings. The van der Waals surface area contributed by atoms with Gasteiger partial charge in [-0.3, -0.25) is 0 Å². The van der Waals surface area contributed by atoms with Gasteiger partial charge < -0.3 is 10.1 Å². The fourth-order valence-electron chi connectivity index (χ4n) is 1.15. The maximum Gasteiger partial charge on any atom is 0.165 e. The summed E-state index contributed by atoms with van der Waals surface area (Å²) in [5.41, 5.74) is 0. The van der Waals surface area contributed by atoms with Gasteiger partial charge in [-0.25, -0.2) is 4.39 Å². The van der Waals surface area contributed by atoms with Crippen molar-refractivity contribution in [3.8, 4) is 18.1 Å². The standard InChI is InChI=1S/C12H14FNO/c1-3-8-14-9-10(2)15-12-7-5-4-6-11(12)13/h1,4-7,10,14H,8-9H2,2H3. The van der Waals surface area contributed by atoms with Crippen LogP contribution >= 0.6 is 0 Å². The second kappa shape index (κ2) is 6.05. The molecular formula is C12H14FNO. The van der Waals surface area contributed by atoms with Crippen LogP contribution in [0.3, 0.4) is 0 Å². The minimum atomic E-state index is -0.346. The molecule has 0 aromatic heterocycles. The van der Waals surface area contributed by atoms with Crippen LogP contribution in [0.15, 0.2) is 24.3 Å². The minimum absolute atomic E-state index is 0.116. The number of nitrogens with one attached hydrogen (secondary N) is 1. The van der Waals surface area contributed by atoms with E-state index < -0.39 is 0 Å². The van der Waals surface area contributed by atoms with Gasteiger partial charge in [-0.15, -0.1) is 6.42 Å². The lowest BCUT2D eigenvalue weighted by atomic mass is 10.3. The summed E-state index contributed by atoms with van der Waals surface area (Å²) in [4.78, 5) is 0. The topological polar surface area (TPSA) is 21.3 Å². The third kappa shape index (κ3) is 4.01. The molecule has 3 heteroatoms. The van der Waals surface area contributed by atoms with Crippen molar-refractivity contribution < 1.29 is 9.13 Å². The number of hydrogen-bond donors (Lipinski definition) is 1. The van der Waals surface area contributed by atoms with Crippen LogP contribution in [0.25, 0.3) is 0 Å². The Morgan fingerprint density at radius 3 is 2.93 bits per heavy atom. The Bertz CT molecular complexity index is 346. The SMILES string of the molecule is C#CCNCC(C)Oc1ccccc1F. The Kier molecular flexibility index (Phi) is 4.65. The zero-order valence-electron chi connectivity index (χ0n) is 8.66. The van der Waals surface area contributed by atoms with Gasteiger partial charge in [0, 0.05) is 6.54 Å². The molecule has 1 rings (SSSR count). The molecule has 0 fully saturated rings. The third-order valence-electron chi connectivity index (χ3n) is 1.82. The molecule has 0 bridgehead atoms. The van der Waals surface area contributed by atoms with Crippen molar-refractivity contribution >= 4 is 0 Å². The molecule has 0 aliphatic carbocycles. The summed E-state index contributed by atoms with van der Waals surface area (Å²) in [7, 11) is 0. The van der Waals surface area contributed by atoms with Crippen molar-refractivity contribution in [2.45, 2.75) is 13.0 Å². The molecule has 0 heterocycles. The quantitative estimate of drug-likeness (QED) is 0.587. The normalized spacial score (nSPS) is 11.8. The van der Waals surface area contributed by atoms with E-state index in [1.165, 1.54) is 6.07 Å². The first-order valence-corrected chi connectivity index (χ1v) is 4.79. The van der Waals surface area contributed by atoms with Crippen LogP contribution in [0.1, 0.15) is 6.92 Å². The van der Waals surface area contributed by atoms with Crippen molar-refractivity contribution in [2.75, 3.05) is 13.1 Å². The number of ether oxygens (including phenoxy) is 1. The van der Waals surface area contributed by atoms with Gasteiger partial charge in [0.25, 0.3) is 0 Å². The van der Waals surface area contributed by atoms with Crippen molar-refractivity contribution in [1.82, 2.24) is 5.32 Å². The summed E-state index contributed by atoms with van der Waals surface area (Å²) in [6.07, 6.45) is 4.96. The summed E-state index contributed by atoms with van der Waals surface area (Å²) in [6, 6.07) is 6.34. The van der Waals surface area contributed by atoms with E-state index in [1.807, 2.05) is 6.92 Å². The average molecular weight is 207 g/mol. The first-order valence-electron chi connectivity index (χ1n) is 4.79. The molecule has 0 saturated carbocycles. The largest absolute Gasteiger partial charge is 0.486 e. The fourth-order valence-corrected chi connectivity index (χ4v) is 1.15. The van der Waals surface area contributed by atoms with Crippen LogP contribution in [0, 0.1) is 18.2 Å². The number of terminal acetylenes is 1. The summed E-state index contributed by atoms with van der Waals surface area (Å²) >= 11 is 0. The van der Waals surface area contributed by atoms with E-state index in [1.54, 1.807) is 18.2 Å². The summed E-state index contributed by atoms with van der Waals surface area (Å²) in [5.74, 6) is 2.38. The van der Waals surface area contributed by atoms with Gasteiger partial charge in [0.15, 0.2) is 11.6 Å². The third-order valence-corrected chi connectivity index (χ3v) is 1.82. The van der Waals surface area contributed by atoms with Gasteiger partial charge in [-0.2, -0.15) is 0 Å². The molecule has 80 valence electrons. The lowest BCUT2D eigenvalue weighted by Crippen LogP contribution is -2.29. The first kappa shape index (κ1) is 11.5. The van der Waals surface area contributed by atoms with Gasteiger partial charge >= 0.3 is 0 Å². The van der Waals surface area contributed by atoms with Crippen LogP contribution in [-0.4, -0.2) is 19.2 Å². The molecule has 0 saturated heterocycles. The van der Waals surface area contributed by atoms with Crippen molar-refractivity contribution in [3.05, 3.63) is 30.1 Å². The van der Waals surface area contributed by atoms with Crippen LogP contribution in [0.2, 0.25) is 0 Å². The van der Waals surface area contributed by atoms with E-state index >= 15 is 0 Å². The van der Waals surface area contributed by atoms with E-state index in [0.29, 0.717) is 13.1 Å². The van der Waals surface area contributed by atoms with Gasteiger partial charge in [-0.05, 0) is 19.1 Å². The molecule has 1 aromatic carbocycles. The Morgan fingerprint density at radius 2 is 2.27 bits per heavy atom. The predicted octanol–water partition coefficient (Wildman–Crippen LogP) is 1.82. The van der Waals surface area contributed by atoms with Crippen LogP contribution < -0.4 is 10.1 Å². The second-order valence-electron chi connectivity index (χ2n) is 3.19. The summed E-state index contributed by atoms with van der Waals surface area (Å²) in [6.45, 7) is 2.94. The lowest BCUT2D eigenvalue weighted by molar-refractivity contribution is 0.209. The maximum absolute atomic E-state index is 13.2. The van der Waals surface area contributed by atoms with E-state index in [4.69, 9.17) is 11.2 Å². The Labute approximate surface area is 89.4 Å². The Balaban J connectivity index is 2.41. The monoisotopic (exact) mass is 207 g/mol. The fraction of sp³-hybridized carbons (Fsp3) is 0.333. The highest BCUT2D eigenvalue weighted by Gasteiger charge is 2.06. The zero-order chi connectivity index (χ0) is 11.1. The van der Waals surface area contributed by atoms with E-state index in [-0.39, 0.29) is 17.7 Å². The predicted molar refractivity (Wildman–Crippen MR) is 58.2 cm³/mol. The van der Waals surface area contributed by atoms with E-state index in [9.17, 15) is 4.39 Å². The van der Waals surface area contributed by atoms with Crippen LogP contribution in [-0.2, 0) is 0 Å². The minimum Gasteiger partial charge on any atom is -0.486 e. The zero-order valence-corrected chi connectivity index (χ0v) is 8.66. The van der Waals surface area contributed by atoms with Gasteiger partial charge in [0.1, 0.15) is 6.10 Å². The van der Waals surface area contributed by atoms with Crippen molar-refractivity contribution in [2.24, 2.45) is 0 Å². The molecule has 1 N–H and O–H groups in total. The van der Waals surface area contributed by atoms with Gasteiger partial charge in [-0.1, -0.05) is 18.1 Å². The summed E-state index contributed by atoms with van der Waals surface area (Å²) < 4.78 is 18.5. The first-order chi connectivity index (χ1) is 7.24. The smallest absolute Gasteiger partial charge is 0.165 e. The molecule has 15 heavy (non-hydrogen) atoms. The van der Waals surface area contributed by atoms with Crippen molar-refractivity contribution in [3.63, 3.8) is 0 Å². The molecule has 0 spiro atoms. The Hall–Kier alpha value is -1.53. The van der Waals surface area contributed by atoms with Crippen LogP contribution in [0.4, 0.5) is 4.39 Å². The second-order valence-corrected chi connectivity index (χ2v) is 3.19. The molecule has 0 aliphatic heterocycles. The molecule has 0 amide bonds. The van der Waals surface area contributed by atoms with E-state index in [0.717, 1.165) is 0 Å². The molecule has 0 aliphatic rings. The number of para-hydroxylation sites is 1. The highest BCUT2D eigenvalue weighted by molar-refractivity contribution is 5.23. The van der Waals surface area contributed by atoms with Gasteiger partial charge in [0.2, 0.25) is 0 Å². The van der Waals surface area contributed by atoms with Gasteiger partial charge in [0.05, 0.1) is 6.54 Å². The molecule has 0 radical (unpaired) electrons. The Morgan fingerprint density at radius 1 is 1.53 bits per heavy atom. The molecular weight excluding hydrogens is 193 g/mol. The number of hydrogen-bond acceptors (Lipinski definition) is 2. The highest BCUT2D eigenvalue weighted by Crippen LogP contribution is 2.16. The average Bonchev–Trinajstić information content (AvgIpc) is 2.22. The van der Waals surface area contributed by atoms with Crippen molar-refractivity contribution in [1.29, 1.82) is 0 Å².